The Morgan fingerprint density at radius 1 is 1.38 bits per heavy atom. The molecule has 0 fully saturated rings. The highest BCUT2D eigenvalue weighted by molar-refractivity contribution is 7.90. The van der Waals surface area contributed by atoms with Crippen LogP contribution in [0.15, 0.2) is 22.6 Å². The summed E-state index contributed by atoms with van der Waals surface area (Å²) in [6, 6.07) is 4.36. The number of rotatable bonds is 6. The van der Waals surface area contributed by atoms with E-state index in [1.165, 1.54) is 18.4 Å². The largest absolute Gasteiger partial charge is 0.459 e. The van der Waals surface area contributed by atoms with Gasteiger partial charge in [-0.3, -0.25) is 0 Å². The SMILES string of the molecule is CNC(CCCS(C)(=O)=O)c1oc2ccc(F)cc2c1C. The third-order valence-electron chi connectivity index (χ3n) is 3.61. The van der Waals surface area contributed by atoms with E-state index in [4.69, 9.17) is 4.42 Å². The molecular weight excluding hydrogens is 293 g/mol. The number of fused-ring (bicyclic) bond motifs is 1. The average Bonchev–Trinajstić information content (AvgIpc) is 2.71. The van der Waals surface area contributed by atoms with Gasteiger partial charge >= 0.3 is 0 Å². The first kappa shape index (κ1) is 16.0. The Morgan fingerprint density at radius 2 is 2.10 bits per heavy atom. The molecule has 0 spiro atoms. The molecule has 1 aromatic carbocycles. The van der Waals surface area contributed by atoms with Crippen molar-refractivity contribution in [1.82, 2.24) is 5.32 Å². The molecule has 0 saturated heterocycles. The lowest BCUT2D eigenvalue weighted by Gasteiger charge is -2.14. The summed E-state index contributed by atoms with van der Waals surface area (Å²) in [5.74, 6) is 0.599. The second-order valence-electron chi connectivity index (χ2n) is 5.35. The van der Waals surface area contributed by atoms with Crippen molar-refractivity contribution in [2.45, 2.75) is 25.8 Å². The molecular formula is C15H20FNO3S. The minimum Gasteiger partial charge on any atom is -0.459 e. The molecule has 0 saturated carbocycles. The van der Waals surface area contributed by atoms with Gasteiger partial charge in [0.1, 0.15) is 27.0 Å². The summed E-state index contributed by atoms with van der Waals surface area (Å²) in [6.45, 7) is 1.89. The molecule has 1 heterocycles. The van der Waals surface area contributed by atoms with Crippen molar-refractivity contribution in [2.24, 2.45) is 0 Å². The van der Waals surface area contributed by atoms with E-state index in [1.807, 2.05) is 6.92 Å². The van der Waals surface area contributed by atoms with Gasteiger partial charge in [0.05, 0.1) is 6.04 Å². The van der Waals surface area contributed by atoms with Crippen LogP contribution in [0.5, 0.6) is 0 Å². The predicted octanol–water partition coefficient (Wildman–Crippen LogP) is 2.97. The van der Waals surface area contributed by atoms with E-state index < -0.39 is 9.84 Å². The van der Waals surface area contributed by atoms with Crippen LogP contribution in [-0.4, -0.2) is 27.5 Å². The van der Waals surface area contributed by atoms with Crippen molar-refractivity contribution in [1.29, 1.82) is 0 Å². The average molecular weight is 313 g/mol. The van der Waals surface area contributed by atoms with Gasteiger partial charge in [0.25, 0.3) is 0 Å². The zero-order valence-electron chi connectivity index (χ0n) is 12.4. The van der Waals surface area contributed by atoms with Gasteiger partial charge < -0.3 is 9.73 Å². The van der Waals surface area contributed by atoms with Crippen molar-refractivity contribution in [3.05, 3.63) is 35.3 Å². The molecule has 0 radical (unpaired) electrons. The fourth-order valence-electron chi connectivity index (χ4n) is 2.50. The number of hydrogen-bond acceptors (Lipinski definition) is 4. The van der Waals surface area contributed by atoms with Crippen LogP contribution < -0.4 is 5.32 Å². The highest BCUT2D eigenvalue weighted by atomic mass is 32.2. The molecule has 0 bridgehead atoms. The maximum absolute atomic E-state index is 13.3. The van der Waals surface area contributed by atoms with Gasteiger partial charge in [-0.1, -0.05) is 0 Å². The van der Waals surface area contributed by atoms with E-state index in [9.17, 15) is 12.8 Å². The molecule has 21 heavy (non-hydrogen) atoms. The topological polar surface area (TPSA) is 59.3 Å². The van der Waals surface area contributed by atoms with Crippen molar-refractivity contribution >= 4 is 20.8 Å². The van der Waals surface area contributed by atoms with Crippen LogP contribution in [0.1, 0.15) is 30.2 Å². The molecule has 2 aromatic rings. The first-order valence-corrected chi connectivity index (χ1v) is 8.91. The first-order valence-electron chi connectivity index (χ1n) is 6.85. The highest BCUT2D eigenvalue weighted by Crippen LogP contribution is 2.31. The van der Waals surface area contributed by atoms with Crippen LogP contribution in [0.4, 0.5) is 4.39 Å². The summed E-state index contributed by atoms with van der Waals surface area (Å²) in [6.07, 6.45) is 2.43. The molecule has 0 aliphatic carbocycles. The van der Waals surface area contributed by atoms with E-state index in [0.717, 1.165) is 16.7 Å². The summed E-state index contributed by atoms with van der Waals surface area (Å²) in [7, 11) is -1.15. The van der Waals surface area contributed by atoms with Gasteiger partial charge in [-0.15, -0.1) is 0 Å². The third-order valence-corrected chi connectivity index (χ3v) is 4.64. The Hall–Kier alpha value is -1.40. The van der Waals surface area contributed by atoms with Crippen molar-refractivity contribution in [2.75, 3.05) is 19.1 Å². The van der Waals surface area contributed by atoms with Crippen LogP contribution in [0, 0.1) is 12.7 Å². The van der Waals surface area contributed by atoms with Crippen LogP contribution in [-0.2, 0) is 9.84 Å². The zero-order chi connectivity index (χ0) is 15.6. The smallest absolute Gasteiger partial charge is 0.147 e. The molecule has 0 aliphatic rings. The normalized spacial score (nSPS) is 13.7. The molecule has 0 amide bonds. The minimum atomic E-state index is -2.96. The van der Waals surface area contributed by atoms with Crippen LogP contribution in [0.3, 0.4) is 0 Å². The molecule has 1 aromatic heterocycles. The summed E-state index contributed by atoms with van der Waals surface area (Å²) < 4.78 is 41.5. The monoisotopic (exact) mass is 313 g/mol. The number of aryl methyl sites for hydroxylation is 1. The van der Waals surface area contributed by atoms with E-state index in [2.05, 4.69) is 5.32 Å². The van der Waals surface area contributed by atoms with Crippen LogP contribution in [0.25, 0.3) is 11.0 Å². The molecule has 4 nitrogen and oxygen atoms in total. The lowest BCUT2D eigenvalue weighted by atomic mass is 10.0. The van der Waals surface area contributed by atoms with Gasteiger partial charge in [0.15, 0.2) is 0 Å². The lowest BCUT2D eigenvalue weighted by molar-refractivity contribution is 0.427. The summed E-state index contributed by atoms with van der Waals surface area (Å²) in [5, 5.41) is 3.90. The second kappa shape index (κ2) is 6.15. The number of halogens is 1. The fourth-order valence-corrected chi connectivity index (χ4v) is 3.19. The number of furan rings is 1. The number of hydrogen-bond donors (Lipinski definition) is 1. The minimum absolute atomic E-state index is 0.0813. The summed E-state index contributed by atoms with van der Waals surface area (Å²) in [5.41, 5.74) is 1.54. The Labute approximate surface area is 124 Å². The molecule has 1 atom stereocenters. The van der Waals surface area contributed by atoms with E-state index in [-0.39, 0.29) is 17.6 Å². The maximum Gasteiger partial charge on any atom is 0.147 e. The Bertz CT molecular complexity index is 737. The predicted molar refractivity (Wildman–Crippen MR) is 81.7 cm³/mol. The number of sulfone groups is 1. The third kappa shape index (κ3) is 3.83. The van der Waals surface area contributed by atoms with E-state index >= 15 is 0 Å². The van der Waals surface area contributed by atoms with Gasteiger partial charge in [0.2, 0.25) is 0 Å². The van der Waals surface area contributed by atoms with E-state index in [0.29, 0.717) is 18.4 Å². The van der Waals surface area contributed by atoms with Crippen molar-refractivity contribution in [3.63, 3.8) is 0 Å². The zero-order valence-corrected chi connectivity index (χ0v) is 13.3. The van der Waals surface area contributed by atoms with Gasteiger partial charge in [0, 0.05) is 23.0 Å². The number of nitrogens with one attached hydrogen (secondary N) is 1. The van der Waals surface area contributed by atoms with Gasteiger partial charge in [-0.2, -0.15) is 0 Å². The second-order valence-corrected chi connectivity index (χ2v) is 7.60. The van der Waals surface area contributed by atoms with Gasteiger partial charge in [-0.25, -0.2) is 12.8 Å². The lowest BCUT2D eigenvalue weighted by Crippen LogP contribution is -2.17. The fraction of sp³-hybridized carbons (Fsp3) is 0.467. The standard InChI is InChI=1S/C15H20FNO3S/c1-10-12-9-11(16)6-7-14(12)20-15(10)13(17-2)5-4-8-21(3,18)19/h6-7,9,13,17H,4-5,8H2,1-3H3. The van der Waals surface area contributed by atoms with E-state index in [1.54, 1.807) is 13.1 Å². The molecule has 116 valence electrons. The Kier molecular flexibility index (Phi) is 4.68. The molecule has 1 unspecified atom stereocenters. The summed E-state index contributed by atoms with van der Waals surface area (Å²) in [4.78, 5) is 0. The van der Waals surface area contributed by atoms with Crippen molar-refractivity contribution in [3.8, 4) is 0 Å². The quantitative estimate of drug-likeness (QED) is 0.891. The molecule has 1 N–H and O–H groups in total. The van der Waals surface area contributed by atoms with Crippen LogP contribution >= 0.6 is 0 Å². The van der Waals surface area contributed by atoms with Gasteiger partial charge in [-0.05, 0) is 45.0 Å². The Morgan fingerprint density at radius 3 is 2.71 bits per heavy atom. The molecule has 0 aliphatic heterocycles. The van der Waals surface area contributed by atoms with Crippen LogP contribution in [0.2, 0.25) is 0 Å². The summed E-state index contributed by atoms with van der Waals surface area (Å²) >= 11 is 0. The first-order chi connectivity index (χ1) is 9.81. The maximum atomic E-state index is 13.3. The number of benzene rings is 1. The molecule has 6 heteroatoms. The Balaban J connectivity index is 2.24. The highest BCUT2D eigenvalue weighted by Gasteiger charge is 2.19. The molecule has 2 rings (SSSR count). The van der Waals surface area contributed by atoms with Crippen molar-refractivity contribution < 1.29 is 17.2 Å².